The number of hydrogen-bond acceptors (Lipinski definition) is 6. The number of nitrogens with one attached hydrogen (secondary N) is 2. The number of aromatic nitrogens is 2. The monoisotopic (exact) mass is 469 g/mol. The van der Waals surface area contributed by atoms with Crippen LogP contribution in [-0.2, 0) is 4.79 Å². The van der Waals surface area contributed by atoms with Crippen molar-refractivity contribution in [1.29, 1.82) is 0 Å². The van der Waals surface area contributed by atoms with E-state index >= 15 is 0 Å². The Kier molecular flexibility index (Phi) is 8.34. The second-order valence-corrected chi connectivity index (χ2v) is 8.00. The van der Waals surface area contributed by atoms with Gasteiger partial charge in [-0.15, -0.1) is 0 Å². The Bertz CT molecular complexity index is 1150. The van der Waals surface area contributed by atoms with Crippen molar-refractivity contribution in [3.05, 3.63) is 71.1 Å². The molecule has 0 aliphatic rings. The Morgan fingerprint density at radius 2 is 2.06 bits per heavy atom. The van der Waals surface area contributed by atoms with E-state index in [9.17, 15) is 9.18 Å². The van der Waals surface area contributed by atoms with Crippen molar-refractivity contribution >= 4 is 41.1 Å². The van der Waals surface area contributed by atoms with Gasteiger partial charge in [-0.25, -0.2) is 14.2 Å². The number of rotatable bonds is 10. The Balaban J connectivity index is 1.90. The van der Waals surface area contributed by atoms with E-state index < -0.39 is 11.8 Å². The van der Waals surface area contributed by atoms with E-state index in [0.717, 1.165) is 35.7 Å². The third-order valence-electron chi connectivity index (χ3n) is 4.66. The Morgan fingerprint density at radius 1 is 1.24 bits per heavy atom. The summed E-state index contributed by atoms with van der Waals surface area (Å²) >= 11 is 5.87. The van der Waals surface area contributed by atoms with Crippen LogP contribution in [0.4, 0.5) is 21.8 Å². The summed E-state index contributed by atoms with van der Waals surface area (Å²) in [6.45, 7) is 1.62. The first kappa shape index (κ1) is 24.2. The van der Waals surface area contributed by atoms with Crippen LogP contribution >= 0.6 is 11.6 Å². The molecule has 33 heavy (non-hydrogen) atoms. The molecule has 0 radical (unpaired) electrons. The molecule has 0 bridgehead atoms. The molecule has 0 aliphatic carbocycles. The molecule has 0 saturated carbocycles. The number of halogens is 2. The zero-order chi connectivity index (χ0) is 23.8. The molecule has 1 heterocycles. The number of hydrogen-bond donors (Lipinski definition) is 3. The second kappa shape index (κ2) is 11.4. The van der Waals surface area contributed by atoms with Crippen LogP contribution in [0.3, 0.4) is 0 Å². The van der Waals surface area contributed by atoms with Crippen LogP contribution in [0.5, 0.6) is 0 Å². The number of carbonyl (C=O) groups is 1. The minimum Gasteiger partial charge on any atom is -0.478 e. The number of nitrogens with zero attached hydrogens (tertiary/aromatic N) is 3. The topological polar surface area (TPSA) is 90.4 Å². The van der Waals surface area contributed by atoms with E-state index in [1.54, 1.807) is 12.3 Å². The van der Waals surface area contributed by atoms with Crippen molar-refractivity contribution < 1.29 is 14.3 Å². The average molecular weight is 470 g/mol. The van der Waals surface area contributed by atoms with E-state index in [-0.39, 0.29) is 5.02 Å². The summed E-state index contributed by atoms with van der Waals surface area (Å²) in [6.07, 6.45) is 5.23. The maximum Gasteiger partial charge on any atom is 0.328 e. The molecule has 2 aromatic carbocycles. The molecule has 7 nitrogen and oxygen atoms in total. The number of anilines is 3. The fourth-order valence-electron chi connectivity index (χ4n) is 3.07. The number of benzene rings is 2. The van der Waals surface area contributed by atoms with Gasteiger partial charge in [0.15, 0.2) is 0 Å². The molecule has 0 fully saturated rings. The first-order valence-electron chi connectivity index (χ1n) is 10.3. The molecule has 0 spiro atoms. The van der Waals surface area contributed by atoms with Crippen molar-refractivity contribution in [3.63, 3.8) is 0 Å². The number of carboxylic acids is 1. The van der Waals surface area contributed by atoms with Crippen LogP contribution in [0.2, 0.25) is 5.02 Å². The van der Waals surface area contributed by atoms with Gasteiger partial charge in [-0.05, 0) is 68.5 Å². The molecule has 172 valence electrons. The zero-order valence-electron chi connectivity index (χ0n) is 18.3. The summed E-state index contributed by atoms with van der Waals surface area (Å²) in [5.41, 5.74) is 2.92. The van der Waals surface area contributed by atoms with E-state index in [2.05, 4.69) is 25.5 Å². The third kappa shape index (κ3) is 7.27. The average Bonchev–Trinajstić information content (AvgIpc) is 2.78. The molecule has 0 saturated heterocycles. The van der Waals surface area contributed by atoms with Crippen LogP contribution in [0.25, 0.3) is 17.2 Å². The molecule has 3 rings (SSSR count). The molecule has 9 heteroatoms. The fraction of sp³-hybridized carbons (Fsp3) is 0.208. The van der Waals surface area contributed by atoms with Gasteiger partial charge in [0, 0.05) is 30.1 Å². The lowest BCUT2D eigenvalue weighted by atomic mass is 10.0. The summed E-state index contributed by atoms with van der Waals surface area (Å²) in [4.78, 5) is 22.0. The lowest BCUT2D eigenvalue weighted by molar-refractivity contribution is -0.131. The number of aliphatic carboxylic acids is 1. The van der Waals surface area contributed by atoms with Crippen molar-refractivity contribution in [2.75, 3.05) is 37.8 Å². The molecule has 0 unspecified atom stereocenters. The third-order valence-corrected chi connectivity index (χ3v) is 4.94. The highest BCUT2D eigenvalue weighted by Gasteiger charge is 2.11. The van der Waals surface area contributed by atoms with Crippen LogP contribution < -0.4 is 10.6 Å². The molecule has 3 aromatic rings. The van der Waals surface area contributed by atoms with Crippen molar-refractivity contribution in [2.45, 2.75) is 6.42 Å². The van der Waals surface area contributed by atoms with E-state index in [4.69, 9.17) is 16.7 Å². The highest BCUT2D eigenvalue weighted by atomic mass is 35.5. The normalized spacial score (nSPS) is 11.2. The minimum atomic E-state index is -1.01. The summed E-state index contributed by atoms with van der Waals surface area (Å²) < 4.78 is 13.5. The van der Waals surface area contributed by atoms with Crippen molar-refractivity contribution in [1.82, 2.24) is 14.9 Å². The Morgan fingerprint density at radius 3 is 2.79 bits per heavy atom. The molecule has 1 aromatic heterocycles. The predicted molar refractivity (Wildman–Crippen MR) is 130 cm³/mol. The van der Waals surface area contributed by atoms with Crippen LogP contribution in [0.1, 0.15) is 12.0 Å². The standard InChI is InChI=1S/C24H25ClFN5O2/c1-31(2)12-4-11-27-23-19(17-6-3-5-16(13-17)7-10-22(32)33)15-28-24(30-23)29-18-8-9-21(26)20(25)14-18/h3,5-10,13-15H,4,11-12H2,1-2H3,(H,32,33)(H2,27,28,29,30)/b10-7+. The highest BCUT2D eigenvalue weighted by Crippen LogP contribution is 2.29. The first-order chi connectivity index (χ1) is 15.8. The van der Waals surface area contributed by atoms with E-state index in [1.165, 1.54) is 18.2 Å². The van der Waals surface area contributed by atoms with Crippen LogP contribution in [0.15, 0.2) is 54.7 Å². The van der Waals surface area contributed by atoms with Gasteiger partial charge in [0.1, 0.15) is 11.6 Å². The molecular weight excluding hydrogens is 445 g/mol. The molecule has 3 N–H and O–H groups in total. The van der Waals surface area contributed by atoms with Crippen LogP contribution in [0, 0.1) is 5.82 Å². The Hall–Kier alpha value is -3.49. The predicted octanol–water partition coefficient (Wildman–Crippen LogP) is 5.14. The highest BCUT2D eigenvalue weighted by molar-refractivity contribution is 6.31. The van der Waals surface area contributed by atoms with Gasteiger partial charge >= 0.3 is 5.97 Å². The minimum absolute atomic E-state index is 0.00452. The van der Waals surface area contributed by atoms with Gasteiger partial charge in [-0.3, -0.25) is 0 Å². The van der Waals surface area contributed by atoms with E-state index in [0.29, 0.717) is 24.0 Å². The maximum atomic E-state index is 13.5. The quantitative estimate of drug-likeness (QED) is 0.279. The fourth-order valence-corrected chi connectivity index (χ4v) is 3.25. The smallest absolute Gasteiger partial charge is 0.328 e. The van der Waals surface area contributed by atoms with Gasteiger partial charge in [0.25, 0.3) is 0 Å². The largest absolute Gasteiger partial charge is 0.478 e. The molecule has 0 amide bonds. The maximum absolute atomic E-state index is 13.5. The lowest BCUT2D eigenvalue weighted by Crippen LogP contribution is -2.17. The van der Waals surface area contributed by atoms with Gasteiger partial charge in [0.2, 0.25) is 5.95 Å². The first-order valence-corrected chi connectivity index (χ1v) is 10.7. The van der Waals surface area contributed by atoms with Crippen molar-refractivity contribution in [2.24, 2.45) is 0 Å². The molecule has 0 atom stereocenters. The summed E-state index contributed by atoms with van der Waals surface area (Å²) in [5, 5.41) is 15.3. The van der Waals surface area contributed by atoms with Gasteiger partial charge in [-0.1, -0.05) is 29.8 Å². The van der Waals surface area contributed by atoms with Crippen molar-refractivity contribution in [3.8, 4) is 11.1 Å². The van der Waals surface area contributed by atoms with E-state index in [1.807, 2.05) is 38.4 Å². The SMILES string of the molecule is CN(C)CCCNc1nc(Nc2ccc(F)c(Cl)c2)ncc1-c1cccc(/C=C/C(=O)O)c1. The van der Waals surface area contributed by atoms with Gasteiger partial charge in [0.05, 0.1) is 5.02 Å². The van der Waals surface area contributed by atoms with Gasteiger partial charge < -0.3 is 20.6 Å². The second-order valence-electron chi connectivity index (χ2n) is 7.59. The zero-order valence-corrected chi connectivity index (χ0v) is 19.1. The summed E-state index contributed by atoms with van der Waals surface area (Å²) in [6, 6.07) is 11.7. The van der Waals surface area contributed by atoms with Gasteiger partial charge in [-0.2, -0.15) is 4.98 Å². The molecule has 0 aliphatic heterocycles. The summed E-state index contributed by atoms with van der Waals surface area (Å²) in [5.74, 6) is -0.556. The number of carboxylic acid groups (broad SMARTS) is 1. The van der Waals surface area contributed by atoms with Crippen LogP contribution in [-0.4, -0.2) is 53.1 Å². The summed E-state index contributed by atoms with van der Waals surface area (Å²) in [7, 11) is 4.03. The Labute approximate surface area is 196 Å². The lowest BCUT2D eigenvalue weighted by Gasteiger charge is -2.15. The molecular formula is C24H25ClFN5O2.